The van der Waals surface area contributed by atoms with Gasteiger partial charge in [-0.1, -0.05) is 56.3 Å². The lowest BCUT2D eigenvalue weighted by Gasteiger charge is -2.44. The van der Waals surface area contributed by atoms with Crippen LogP contribution in [0.2, 0.25) is 0 Å². The van der Waals surface area contributed by atoms with Gasteiger partial charge in [0.15, 0.2) is 0 Å². The van der Waals surface area contributed by atoms with Crippen molar-refractivity contribution in [1.82, 2.24) is 15.0 Å². The normalized spacial score (nSPS) is 19.8. The maximum atomic E-state index is 13.2. The molecule has 1 unspecified atom stereocenters. The van der Waals surface area contributed by atoms with Gasteiger partial charge in [-0.05, 0) is 12.8 Å². The van der Waals surface area contributed by atoms with Gasteiger partial charge in [0.1, 0.15) is 11.5 Å². The average molecular weight is 398 g/mol. The molecule has 0 aliphatic carbocycles. The Morgan fingerprint density at radius 3 is 2.52 bits per heavy atom. The van der Waals surface area contributed by atoms with Gasteiger partial charge in [0.05, 0.1) is 5.41 Å². The number of nitrogens with zero attached hydrogens (tertiary/aromatic N) is 3. The molecule has 1 aliphatic rings. The smallest absolute Gasteiger partial charge is 0.230 e. The number of piperidine rings is 1. The number of hydrogen-bond acceptors (Lipinski definition) is 4. The van der Waals surface area contributed by atoms with Crippen LogP contribution in [0, 0.1) is 10.8 Å². The van der Waals surface area contributed by atoms with Gasteiger partial charge >= 0.3 is 0 Å². The summed E-state index contributed by atoms with van der Waals surface area (Å²) in [5.74, 6) is 0.779. The molecule has 0 N–H and O–H groups in total. The molecule has 2 aromatic rings. The zero-order valence-electron chi connectivity index (χ0n) is 18.1. The number of carbonyl (C=O) groups excluding carboxylic acids is 2. The van der Waals surface area contributed by atoms with Crippen molar-refractivity contribution >= 4 is 11.8 Å². The summed E-state index contributed by atoms with van der Waals surface area (Å²) in [7, 11) is 3.54. The highest BCUT2D eigenvalue weighted by Gasteiger charge is 2.46. The van der Waals surface area contributed by atoms with Crippen LogP contribution >= 0.6 is 0 Å². The molecule has 3 rings (SSSR count). The van der Waals surface area contributed by atoms with Crippen molar-refractivity contribution in [3.05, 3.63) is 42.2 Å². The van der Waals surface area contributed by atoms with Crippen molar-refractivity contribution in [3.63, 3.8) is 0 Å². The average Bonchev–Trinajstić information content (AvgIpc) is 3.15. The third-order valence-electron chi connectivity index (χ3n) is 5.51. The van der Waals surface area contributed by atoms with E-state index < -0.39 is 10.8 Å². The molecule has 1 fully saturated rings. The van der Waals surface area contributed by atoms with Crippen LogP contribution in [-0.2, 0) is 16.0 Å². The van der Waals surface area contributed by atoms with E-state index in [1.54, 1.807) is 19.0 Å². The van der Waals surface area contributed by atoms with Crippen molar-refractivity contribution in [2.24, 2.45) is 10.8 Å². The van der Waals surface area contributed by atoms with Crippen LogP contribution in [0.3, 0.4) is 0 Å². The molecule has 29 heavy (non-hydrogen) atoms. The lowest BCUT2D eigenvalue weighted by Crippen LogP contribution is -2.55. The highest BCUT2D eigenvalue weighted by Crippen LogP contribution is 2.37. The van der Waals surface area contributed by atoms with E-state index in [1.807, 2.05) is 62.1 Å². The Labute approximate surface area is 172 Å². The van der Waals surface area contributed by atoms with Gasteiger partial charge in [-0.25, -0.2) is 0 Å². The predicted octanol–water partition coefficient (Wildman–Crippen LogP) is 3.63. The van der Waals surface area contributed by atoms with Crippen molar-refractivity contribution in [3.8, 4) is 11.3 Å². The van der Waals surface area contributed by atoms with Gasteiger partial charge in [-0.15, -0.1) is 0 Å². The number of likely N-dealkylation sites (tertiary alicyclic amines) is 1. The maximum Gasteiger partial charge on any atom is 0.230 e. The fraction of sp³-hybridized carbons (Fsp3) is 0.522. The van der Waals surface area contributed by atoms with E-state index in [4.69, 9.17) is 4.52 Å². The minimum atomic E-state index is -0.698. The molecule has 1 aromatic carbocycles. The molecular formula is C23H31N3O3. The molecule has 1 saturated heterocycles. The molecule has 1 aliphatic heterocycles. The summed E-state index contributed by atoms with van der Waals surface area (Å²) >= 11 is 0. The molecule has 1 atom stereocenters. The Kier molecular flexibility index (Phi) is 5.82. The second-order valence-electron chi connectivity index (χ2n) is 9.28. The quantitative estimate of drug-likeness (QED) is 0.790. The first-order chi connectivity index (χ1) is 13.6. The highest BCUT2D eigenvalue weighted by molar-refractivity contribution is 5.86. The Balaban J connectivity index is 1.89. The summed E-state index contributed by atoms with van der Waals surface area (Å²) in [4.78, 5) is 29.6. The van der Waals surface area contributed by atoms with E-state index >= 15 is 0 Å². The molecule has 2 amide bonds. The summed E-state index contributed by atoms with van der Waals surface area (Å²) in [6.07, 6.45) is 1.94. The van der Waals surface area contributed by atoms with Crippen molar-refractivity contribution < 1.29 is 14.1 Å². The van der Waals surface area contributed by atoms with E-state index in [9.17, 15) is 9.59 Å². The third-order valence-corrected chi connectivity index (χ3v) is 5.51. The van der Waals surface area contributed by atoms with Gasteiger partial charge in [0.2, 0.25) is 11.8 Å². The van der Waals surface area contributed by atoms with Crippen LogP contribution in [0.25, 0.3) is 11.3 Å². The first kappa shape index (κ1) is 21.1. The molecule has 6 heteroatoms. The Morgan fingerprint density at radius 2 is 1.90 bits per heavy atom. The molecule has 1 aromatic heterocycles. The number of benzene rings is 1. The summed E-state index contributed by atoms with van der Waals surface area (Å²) in [5, 5.41) is 4.20. The molecule has 0 saturated carbocycles. The van der Waals surface area contributed by atoms with Crippen LogP contribution in [0.5, 0.6) is 0 Å². The first-order valence-corrected chi connectivity index (χ1v) is 10.1. The second-order valence-corrected chi connectivity index (χ2v) is 9.28. The van der Waals surface area contributed by atoms with Gasteiger partial charge in [-0.2, -0.15) is 0 Å². The van der Waals surface area contributed by atoms with E-state index in [-0.39, 0.29) is 11.8 Å². The van der Waals surface area contributed by atoms with Gasteiger partial charge < -0.3 is 14.3 Å². The number of rotatable bonds is 4. The van der Waals surface area contributed by atoms with Crippen LogP contribution in [-0.4, -0.2) is 54.0 Å². The van der Waals surface area contributed by atoms with Gasteiger partial charge in [0.25, 0.3) is 0 Å². The monoisotopic (exact) mass is 397 g/mol. The van der Waals surface area contributed by atoms with Gasteiger partial charge in [0, 0.05) is 50.7 Å². The van der Waals surface area contributed by atoms with E-state index in [2.05, 4.69) is 5.16 Å². The number of hydrogen-bond donors (Lipinski definition) is 0. The summed E-state index contributed by atoms with van der Waals surface area (Å²) in [6.45, 7) is 6.84. The van der Waals surface area contributed by atoms with Crippen molar-refractivity contribution in [2.45, 2.75) is 40.0 Å². The molecule has 0 bridgehead atoms. The summed E-state index contributed by atoms with van der Waals surface area (Å²) < 4.78 is 5.62. The standard InChI is InChI=1S/C23H31N3O3/c1-22(2,3)20(27)26-13-9-12-23(16-26,21(28)25(4)5)15-18-14-19(24-29-18)17-10-7-6-8-11-17/h6-8,10-11,14H,9,12-13,15-16H2,1-5H3. The molecular weight excluding hydrogens is 366 g/mol. The molecule has 6 nitrogen and oxygen atoms in total. The fourth-order valence-corrected chi connectivity index (χ4v) is 4.12. The zero-order valence-corrected chi connectivity index (χ0v) is 18.1. The third kappa shape index (κ3) is 4.52. The Bertz CT molecular complexity index is 867. The largest absolute Gasteiger partial charge is 0.361 e. The lowest BCUT2D eigenvalue weighted by molar-refractivity contribution is -0.151. The minimum absolute atomic E-state index is 0.0292. The lowest BCUT2D eigenvalue weighted by atomic mass is 9.74. The van der Waals surface area contributed by atoms with Gasteiger partial charge in [-0.3, -0.25) is 9.59 Å². The molecule has 2 heterocycles. The highest BCUT2D eigenvalue weighted by atomic mass is 16.5. The van der Waals surface area contributed by atoms with Crippen molar-refractivity contribution in [1.29, 1.82) is 0 Å². The van der Waals surface area contributed by atoms with Crippen LogP contribution in [0.15, 0.2) is 40.9 Å². The van der Waals surface area contributed by atoms with Crippen LogP contribution in [0.4, 0.5) is 0 Å². The topological polar surface area (TPSA) is 66.7 Å². The Hall–Kier alpha value is -2.63. The molecule has 156 valence electrons. The fourth-order valence-electron chi connectivity index (χ4n) is 4.12. The number of carbonyl (C=O) groups is 2. The Morgan fingerprint density at radius 1 is 1.21 bits per heavy atom. The minimum Gasteiger partial charge on any atom is -0.361 e. The number of amides is 2. The van der Waals surface area contributed by atoms with Crippen LogP contribution < -0.4 is 0 Å². The van der Waals surface area contributed by atoms with Crippen molar-refractivity contribution in [2.75, 3.05) is 27.2 Å². The number of aromatic nitrogens is 1. The molecule has 0 spiro atoms. The van der Waals surface area contributed by atoms with E-state index in [1.165, 1.54) is 0 Å². The zero-order chi connectivity index (χ0) is 21.2. The summed E-state index contributed by atoms with van der Waals surface area (Å²) in [6, 6.07) is 11.7. The first-order valence-electron chi connectivity index (χ1n) is 10.1. The predicted molar refractivity (Wildman–Crippen MR) is 112 cm³/mol. The molecule has 0 radical (unpaired) electrons. The van der Waals surface area contributed by atoms with E-state index in [0.29, 0.717) is 25.3 Å². The maximum absolute atomic E-state index is 13.2. The SMILES string of the molecule is CN(C)C(=O)C1(Cc2cc(-c3ccccc3)no2)CCCN(C(=O)C(C)(C)C)C1. The second kappa shape index (κ2) is 8.01. The van der Waals surface area contributed by atoms with E-state index in [0.717, 1.165) is 24.1 Å². The van der Waals surface area contributed by atoms with Crippen LogP contribution in [0.1, 0.15) is 39.4 Å². The summed E-state index contributed by atoms with van der Waals surface area (Å²) in [5.41, 5.74) is 0.558.